The monoisotopic (exact) mass is 579 g/mol. The number of hydrogen-bond acceptors (Lipinski definition) is 7. The molecule has 8 nitrogen and oxygen atoms in total. The summed E-state index contributed by atoms with van der Waals surface area (Å²) >= 11 is 6.85. The van der Waals surface area contributed by atoms with E-state index in [9.17, 15) is 9.59 Å². The fourth-order valence-electron chi connectivity index (χ4n) is 3.11. The van der Waals surface area contributed by atoms with Crippen molar-refractivity contribution in [3.63, 3.8) is 0 Å². The normalized spacial score (nSPS) is 11.2. The Labute approximate surface area is 207 Å². The van der Waals surface area contributed by atoms with Gasteiger partial charge in [0.05, 0.1) is 35.3 Å². The molecule has 0 radical (unpaired) electrons. The van der Waals surface area contributed by atoms with Gasteiger partial charge in [0.2, 0.25) is 0 Å². The molecule has 0 aliphatic carbocycles. The molecule has 0 saturated carbocycles. The van der Waals surface area contributed by atoms with Crippen LogP contribution in [0.4, 0.5) is 0 Å². The van der Waals surface area contributed by atoms with Gasteiger partial charge in [0.25, 0.3) is 5.56 Å². The SMILES string of the molecule is CCCc1nc2ccc(Br)cc2c(=O)n1N=Cc1cc(Br)c(OCC(=O)OCC)c(OC)c1. The molecule has 0 atom stereocenters. The van der Waals surface area contributed by atoms with Gasteiger partial charge >= 0.3 is 5.97 Å². The fraction of sp³-hybridized carbons (Fsp3) is 0.304. The maximum atomic E-state index is 13.1. The predicted octanol–water partition coefficient (Wildman–Crippen LogP) is 4.71. The second-order valence-electron chi connectivity index (χ2n) is 6.93. The van der Waals surface area contributed by atoms with E-state index in [2.05, 4.69) is 41.9 Å². The molecule has 1 heterocycles. The molecule has 174 valence electrons. The number of rotatable bonds is 9. The smallest absolute Gasteiger partial charge is 0.344 e. The Morgan fingerprint density at radius 1 is 1.21 bits per heavy atom. The van der Waals surface area contributed by atoms with Crippen LogP contribution < -0.4 is 15.0 Å². The first kappa shape index (κ1) is 24.9. The zero-order valence-corrected chi connectivity index (χ0v) is 21.6. The molecule has 33 heavy (non-hydrogen) atoms. The Hall–Kier alpha value is -2.72. The lowest BCUT2D eigenvalue weighted by Gasteiger charge is -2.13. The molecule has 2 aromatic carbocycles. The van der Waals surface area contributed by atoms with Crippen molar-refractivity contribution >= 4 is 54.9 Å². The Morgan fingerprint density at radius 3 is 2.70 bits per heavy atom. The van der Waals surface area contributed by atoms with Crippen LogP contribution >= 0.6 is 31.9 Å². The number of fused-ring (bicyclic) bond motifs is 1. The van der Waals surface area contributed by atoms with Crippen LogP contribution in [0.15, 0.2) is 49.2 Å². The van der Waals surface area contributed by atoms with Gasteiger partial charge in [0.1, 0.15) is 5.82 Å². The topological polar surface area (TPSA) is 92.0 Å². The molecule has 0 amide bonds. The minimum Gasteiger partial charge on any atom is -0.493 e. The number of hydrogen-bond donors (Lipinski definition) is 0. The largest absolute Gasteiger partial charge is 0.493 e. The molecule has 0 unspecified atom stereocenters. The third-order valence-electron chi connectivity index (χ3n) is 4.56. The van der Waals surface area contributed by atoms with Crippen LogP contribution in [-0.2, 0) is 16.0 Å². The van der Waals surface area contributed by atoms with Gasteiger partial charge in [-0.25, -0.2) is 9.78 Å². The van der Waals surface area contributed by atoms with Crippen LogP contribution in [0, 0.1) is 0 Å². The quantitative estimate of drug-likeness (QED) is 0.269. The molecule has 0 N–H and O–H groups in total. The first-order valence-corrected chi connectivity index (χ1v) is 11.9. The standard InChI is InChI=1S/C23H23Br2N3O5/c1-4-6-20-27-18-8-7-15(24)11-16(18)23(30)28(20)26-12-14-9-17(25)22(19(10-14)31-3)33-13-21(29)32-5-2/h7-12H,4-6,13H2,1-3H3. The molecule has 0 aliphatic rings. The van der Waals surface area contributed by atoms with Crippen molar-refractivity contribution in [1.82, 2.24) is 9.66 Å². The number of aryl methyl sites for hydroxylation is 1. The predicted molar refractivity (Wildman–Crippen MR) is 134 cm³/mol. The van der Waals surface area contributed by atoms with E-state index in [0.29, 0.717) is 44.7 Å². The van der Waals surface area contributed by atoms with Crippen molar-refractivity contribution in [2.45, 2.75) is 26.7 Å². The molecule has 0 saturated heterocycles. The number of esters is 1. The van der Waals surface area contributed by atoms with E-state index in [-0.39, 0.29) is 18.8 Å². The van der Waals surface area contributed by atoms with E-state index in [4.69, 9.17) is 14.2 Å². The summed E-state index contributed by atoms with van der Waals surface area (Å²) in [6.45, 7) is 3.77. The second-order valence-corrected chi connectivity index (χ2v) is 8.70. The zero-order valence-electron chi connectivity index (χ0n) is 18.4. The van der Waals surface area contributed by atoms with Crippen LogP contribution in [0.25, 0.3) is 10.9 Å². The van der Waals surface area contributed by atoms with Gasteiger partial charge in [0.15, 0.2) is 18.1 Å². The Bertz CT molecular complexity index is 1260. The van der Waals surface area contributed by atoms with Crippen molar-refractivity contribution in [2.24, 2.45) is 5.10 Å². The number of halogens is 2. The first-order chi connectivity index (χ1) is 15.9. The summed E-state index contributed by atoms with van der Waals surface area (Å²) in [6.07, 6.45) is 2.97. The second kappa shape index (κ2) is 11.4. The molecule has 0 aliphatic heterocycles. The van der Waals surface area contributed by atoms with E-state index in [1.165, 1.54) is 11.8 Å². The maximum Gasteiger partial charge on any atom is 0.344 e. The number of methoxy groups -OCH3 is 1. The lowest BCUT2D eigenvalue weighted by Crippen LogP contribution is -2.22. The summed E-state index contributed by atoms with van der Waals surface area (Å²) < 4.78 is 18.5. The molecule has 0 bridgehead atoms. The summed E-state index contributed by atoms with van der Waals surface area (Å²) in [4.78, 5) is 29.4. The molecule has 0 fully saturated rings. The van der Waals surface area contributed by atoms with Gasteiger partial charge in [-0.1, -0.05) is 22.9 Å². The summed E-state index contributed by atoms with van der Waals surface area (Å²) in [5.41, 5.74) is 1.04. The highest BCUT2D eigenvalue weighted by atomic mass is 79.9. The average molecular weight is 581 g/mol. The Balaban J connectivity index is 1.98. The highest BCUT2D eigenvalue weighted by Gasteiger charge is 2.14. The van der Waals surface area contributed by atoms with Crippen molar-refractivity contribution in [3.8, 4) is 11.5 Å². The van der Waals surface area contributed by atoms with Gasteiger partial charge in [-0.15, -0.1) is 0 Å². The molecular formula is C23H23Br2N3O5. The average Bonchev–Trinajstić information content (AvgIpc) is 2.78. The summed E-state index contributed by atoms with van der Waals surface area (Å²) in [5.74, 6) is 0.866. The van der Waals surface area contributed by atoms with Gasteiger partial charge in [-0.05, 0) is 65.2 Å². The summed E-state index contributed by atoms with van der Waals surface area (Å²) in [7, 11) is 1.49. The highest BCUT2D eigenvalue weighted by molar-refractivity contribution is 9.10. The minimum absolute atomic E-state index is 0.246. The number of aromatic nitrogens is 2. The van der Waals surface area contributed by atoms with Gasteiger partial charge in [-0.3, -0.25) is 4.79 Å². The number of carbonyl (C=O) groups is 1. The van der Waals surface area contributed by atoms with E-state index in [0.717, 1.165) is 10.9 Å². The maximum absolute atomic E-state index is 13.1. The minimum atomic E-state index is -0.477. The third-order valence-corrected chi connectivity index (χ3v) is 5.65. The molecule has 0 spiro atoms. The molecular weight excluding hydrogens is 558 g/mol. The van der Waals surface area contributed by atoms with Crippen LogP contribution in [-0.4, -0.2) is 42.2 Å². The van der Waals surface area contributed by atoms with E-state index in [1.807, 2.05) is 19.1 Å². The number of ether oxygens (including phenoxy) is 3. The van der Waals surface area contributed by atoms with Crippen LogP contribution in [0.5, 0.6) is 11.5 Å². The number of benzene rings is 2. The Kier molecular flexibility index (Phi) is 8.62. The molecule has 3 aromatic rings. The Morgan fingerprint density at radius 2 is 2.00 bits per heavy atom. The van der Waals surface area contributed by atoms with Crippen molar-refractivity contribution in [1.29, 1.82) is 0 Å². The van der Waals surface area contributed by atoms with Crippen LogP contribution in [0.1, 0.15) is 31.7 Å². The van der Waals surface area contributed by atoms with Crippen molar-refractivity contribution in [3.05, 3.63) is 61.0 Å². The van der Waals surface area contributed by atoms with Gasteiger partial charge < -0.3 is 14.2 Å². The molecule has 1 aromatic heterocycles. The summed E-state index contributed by atoms with van der Waals surface area (Å²) in [5, 5.41) is 4.90. The van der Waals surface area contributed by atoms with Crippen molar-refractivity contribution < 1.29 is 19.0 Å². The summed E-state index contributed by atoms with van der Waals surface area (Å²) in [6, 6.07) is 8.85. The van der Waals surface area contributed by atoms with E-state index < -0.39 is 5.97 Å². The lowest BCUT2D eigenvalue weighted by atomic mass is 10.2. The van der Waals surface area contributed by atoms with Gasteiger partial charge in [-0.2, -0.15) is 9.78 Å². The van der Waals surface area contributed by atoms with Crippen LogP contribution in [0.2, 0.25) is 0 Å². The van der Waals surface area contributed by atoms with Gasteiger partial charge in [0, 0.05) is 10.9 Å². The van der Waals surface area contributed by atoms with E-state index >= 15 is 0 Å². The first-order valence-electron chi connectivity index (χ1n) is 10.3. The third kappa shape index (κ3) is 6.00. The molecule has 10 heteroatoms. The van der Waals surface area contributed by atoms with Crippen LogP contribution in [0.3, 0.4) is 0 Å². The zero-order chi connectivity index (χ0) is 24.0. The molecule has 3 rings (SSSR count). The fourth-order valence-corrected chi connectivity index (χ4v) is 4.05. The number of nitrogens with zero attached hydrogens (tertiary/aromatic N) is 3. The van der Waals surface area contributed by atoms with Crippen molar-refractivity contribution in [2.75, 3.05) is 20.3 Å². The number of carbonyl (C=O) groups excluding carboxylic acids is 1. The highest BCUT2D eigenvalue weighted by Crippen LogP contribution is 2.36. The van der Waals surface area contributed by atoms with E-state index in [1.54, 1.807) is 31.3 Å². The lowest BCUT2D eigenvalue weighted by molar-refractivity contribution is -0.145.